The van der Waals surface area contributed by atoms with E-state index in [0.29, 0.717) is 6.04 Å². The van der Waals surface area contributed by atoms with Gasteiger partial charge in [-0.05, 0) is 38.1 Å². The summed E-state index contributed by atoms with van der Waals surface area (Å²) in [6.45, 7) is 5.47. The Kier molecular flexibility index (Phi) is 7.17. The number of rotatable bonds is 8. The van der Waals surface area contributed by atoms with E-state index in [-0.39, 0.29) is 0 Å². The Hall–Kier alpha value is -0.610. The van der Waals surface area contributed by atoms with E-state index in [1.54, 1.807) is 12.5 Å². The summed E-state index contributed by atoms with van der Waals surface area (Å²) < 4.78 is 0. The van der Waals surface area contributed by atoms with Gasteiger partial charge in [-0.3, -0.25) is 0 Å². The SMILES string of the molecule is CCNC(C)CCCCSc1ccncn1. The first-order valence-corrected chi connectivity index (χ1v) is 6.93. The summed E-state index contributed by atoms with van der Waals surface area (Å²) in [6, 6.07) is 2.61. The van der Waals surface area contributed by atoms with Crippen LogP contribution in [0.4, 0.5) is 0 Å². The van der Waals surface area contributed by atoms with Crippen LogP contribution in [0, 0.1) is 0 Å². The van der Waals surface area contributed by atoms with Gasteiger partial charge in [0.2, 0.25) is 0 Å². The molecule has 4 heteroatoms. The standard InChI is InChI=1S/C12H21N3S/c1-3-14-11(2)6-4-5-9-16-12-7-8-13-10-15-12/h7-8,10-11,14H,3-6,9H2,1-2H3. The molecular formula is C12H21N3S. The smallest absolute Gasteiger partial charge is 0.116 e. The topological polar surface area (TPSA) is 37.8 Å². The van der Waals surface area contributed by atoms with E-state index in [1.165, 1.54) is 19.3 Å². The minimum absolute atomic E-state index is 0.647. The monoisotopic (exact) mass is 239 g/mol. The van der Waals surface area contributed by atoms with Crippen molar-refractivity contribution in [3.05, 3.63) is 18.6 Å². The molecule has 1 aromatic heterocycles. The minimum Gasteiger partial charge on any atom is -0.315 e. The number of unbranched alkanes of at least 4 members (excludes halogenated alkanes) is 1. The molecule has 0 saturated carbocycles. The maximum Gasteiger partial charge on any atom is 0.116 e. The molecule has 0 aliphatic carbocycles. The molecule has 0 saturated heterocycles. The highest BCUT2D eigenvalue weighted by atomic mass is 32.2. The first-order chi connectivity index (χ1) is 7.83. The van der Waals surface area contributed by atoms with Crippen LogP contribution in [-0.2, 0) is 0 Å². The molecule has 0 aliphatic rings. The third-order valence-electron chi connectivity index (χ3n) is 2.39. The maximum absolute atomic E-state index is 4.18. The van der Waals surface area contributed by atoms with Crippen molar-refractivity contribution < 1.29 is 0 Å². The van der Waals surface area contributed by atoms with Crippen LogP contribution in [0.3, 0.4) is 0 Å². The summed E-state index contributed by atoms with van der Waals surface area (Å²) in [6.07, 6.45) is 7.20. The number of thioether (sulfide) groups is 1. The lowest BCUT2D eigenvalue weighted by Crippen LogP contribution is -2.25. The second kappa shape index (κ2) is 8.53. The Balaban J connectivity index is 2.00. The van der Waals surface area contributed by atoms with Gasteiger partial charge in [0.25, 0.3) is 0 Å². The fraction of sp³-hybridized carbons (Fsp3) is 0.667. The zero-order valence-corrected chi connectivity index (χ0v) is 11.0. The van der Waals surface area contributed by atoms with Crippen LogP contribution in [0.2, 0.25) is 0 Å². The van der Waals surface area contributed by atoms with E-state index in [1.807, 2.05) is 17.8 Å². The van der Waals surface area contributed by atoms with Gasteiger partial charge in [0.1, 0.15) is 6.33 Å². The van der Waals surface area contributed by atoms with E-state index in [2.05, 4.69) is 29.1 Å². The van der Waals surface area contributed by atoms with Crippen molar-refractivity contribution in [1.82, 2.24) is 15.3 Å². The van der Waals surface area contributed by atoms with E-state index in [0.717, 1.165) is 17.3 Å². The largest absolute Gasteiger partial charge is 0.315 e. The average molecular weight is 239 g/mol. The molecule has 1 heterocycles. The van der Waals surface area contributed by atoms with Gasteiger partial charge in [-0.2, -0.15) is 0 Å². The molecule has 1 aromatic rings. The van der Waals surface area contributed by atoms with Gasteiger partial charge in [-0.1, -0.05) is 13.3 Å². The fourth-order valence-electron chi connectivity index (χ4n) is 1.54. The van der Waals surface area contributed by atoms with Gasteiger partial charge in [-0.15, -0.1) is 11.8 Å². The lowest BCUT2D eigenvalue weighted by molar-refractivity contribution is 0.510. The average Bonchev–Trinajstić information content (AvgIpc) is 2.30. The Labute approximate surface area is 102 Å². The van der Waals surface area contributed by atoms with Crippen LogP contribution >= 0.6 is 11.8 Å². The molecule has 1 N–H and O–H groups in total. The van der Waals surface area contributed by atoms with E-state index >= 15 is 0 Å². The van der Waals surface area contributed by atoms with Crippen LogP contribution in [0.1, 0.15) is 33.1 Å². The maximum atomic E-state index is 4.18. The molecule has 3 nitrogen and oxygen atoms in total. The predicted octanol–water partition coefficient (Wildman–Crippen LogP) is 2.74. The first kappa shape index (κ1) is 13.5. The van der Waals surface area contributed by atoms with Crippen LogP contribution < -0.4 is 5.32 Å². The van der Waals surface area contributed by atoms with E-state index in [4.69, 9.17) is 0 Å². The van der Waals surface area contributed by atoms with Gasteiger partial charge in [0.05, 0.1) is 5.03 Å². The van der Waals surface area contributed by atoms with Crippen LogP contribution in [0.15, 0.2) is 23.6 Å². The number of nitrogens with one attached hydrogen (secondary N) is 1. The third-order valence-corrected chi connectivity index (χ3v) is 3.42. The zero-order valence-electron chi connectivity index (χ0n) is 10.1. The molecule has 1 unspecified atom stereocenters. The number of aromatic nitrogens is 2. The predicted molar refractivity (Wildman–Crippen MR) is 69.7 cm³/mol. The zero-order chi connectivity index (χ0) is 11.6. The Morgan fingerprint density at radius 3 is 3.00 bits per heavy atom. The highest BCUT2D eigenvalue weighted by Gasteiger charge is 1.99. The van der Waals surface area contributed by atoms with Crippen molar-refractivity contribution in [2.45, 2.75) is 44.2 Å². The quantitative estimate of drug-likeness (QED) is 0.430. The summed E-state index contributed by atoms with van der Waals surface area (Å²) in [5.74, 6) is 1.15. The molecule has 0 spiro atoms. The Morgan fingerprint density at radius 1 is 1.44 bits per heavy atom. The molecule has 1 atom stereocenters. The molecule has 0 bridgehead atoms. The van der Waals surface area contributed by atoms with Gasteiger partial charge in [0, 0.05) is 12.2 Å². The van der Waals surface area contributed by atoms with Gasteiger partial charge >= 0.3 is 0 Å². The summed E-state index contributed by atoms with van der Waals surface area (Å²) in [5, 5.41) is 4.51. The van der Waals surface area contributed by atoms with Crippen molar-refractivity contribution in [3.8, 4) is 0 Å². The van der Waals surface area contributed by atoms with E-state index in [9.17, 15) is 0 Å². The summed E-state index contributed by atoms with van der Waals surface area (Å²) in [5.41, 5.74) is 0. The number of hydrogen-bond donors (Lipinski definition) is 1. The Bertz CT molecular complexity index is 266. The molecule has 0 aromatic carbocycles. The summed E-state index contributed by atoms with van der Waals surface area (Å²) in [7, 11) is 0. The first-order valence-electron chi connectivity index (χ1n) is 5.95. The summed E-state index contributed by atoms with van der Waals surface area (Å²) in [4.78, 5) is 8.08. The van der Waals surface area contributed by atoms with Gasteiger partial charge in [-0.25, -0.2) is 9.97 Å². The molecule has 0 amide bonds. The van der Waals surface area contributed by atoms with Crippen molar-refractivity contribution in [3.63, 3.8) is 0 Å². The van der Waals surface area contributed by atoms with Crippen molar-refractivity contribution in [1.29, 1.82) is 0 Å². The van der Waals surface area contributed by atoms with Crippen molar-refractivity contribution in [2.75, 3.05) is 12.3 Å². The van der Waals surface area contributed by atoms with Crippen molar-refractivity contribution in [2.24, 2.45) is 0 Å². The number of nitrogens with zero attached hydrogens (tertiary/aromatic N) is 2. The molecule has 0 aliphatic heterocycles. The van der Waals surface area contributed by atoms with E-state index < -0.39 is 0 Å². The van der Waals surface area contributed by atoms with Gasteiger partial charge < -0.3 is 5.32 Å². The molecule has 0 fully saturated rings. The van der Waals surface area contributed by atoms with Gasteiger partial charge in [0.15, 0.2) is 0 Å². The fourth-order valence-corrected chi connectivity index (χ4v) is 2.38. The number of hydrogen-bond acceptors (Lipinski definition) is 4. The lowest BCUT2D eigenvalue weighted by Gasteiger charge is -2.11. The third kappa shape index (κ3) is 6.08. The second-order valence-electron chi connectivity index (χ2n) is 3.85. The minimum atomic E-state index is 0.647. The van der Waals surface area contributed by atoms with Crippen LogP contribution in [0.5, 0.6) is 0 Å². The molecular weight excluding hydrogens is 218 g/mol. The van der Waals surface area contributed by atoms with Crippen molar-refractivity contribution >= 4 is 11.8 Å². The highest BCUT2D eigenvalue weighted by Crippen LogP contribution is 2.15. The molecule has 90 valence electrons. The van der Waals surface area contributed by atoms with Crippen LogP contribution in [-0.4, -0.2) is 28.3 Å². The van der Waals surface area contributed by atoms with Crippen LogP contribution in [0.25, 0.3) is 0 Å². The molecule has 0 radical (unpaired) electrons. The highest BCUT2D eigenvalue weighted by molar-refractivity contribution is 7.99. The lowest BCUT2D eigenvalue weighted by atomic mass is 10.1. The second-order valence-corrected chi connectivity index (χ2v) is 4.97. The molecule has 16 heavy (non-hydrogen) atoms. The summed E-state index contributed by atoms with van der Waals surface area (Å²) >= 11 is 1.81. The Morgan fingerprint density at radius 2 is 2.31 bits per heavy atom. The molecule has 1 rings (SSSR count). The normalized spacial score (nSPS) is 12.6.